The molecule has 0 unspecified atom stereocenters. The zero-order valence-corrected chi connectivity index (χ0v) is 11.7. The molecule has 1 saturated carbocycles. The molecular weight excluding hydrogens is 244 g/mol. The number of nitrogens with zero attached hydrogens (tertiary/aromatic N) is 1. The molecule has 2 aliphatic rings. The number of ether oxygens (including phenoxy) is 1. The predicted octanol–water partition coefficient (Wildman–Crippen LogP) is 1.91. The van der Waals surface area contributed by atoms with Crippen molar-refractivity contribution in [3.63, 3.8) is 0 Å². The molecule has 1 heterocycles. The lowest BCUT2D eigenvalue weighted by molar-refractivity contribution is -0.126. The van der Waals surface area contributed by atoms with E-state index in [0.29, 0.717) is 13.1 Å². The molecule has 0 aromatic carbocycles. The molecule has 1 saturated heterocycles. The normalized spacial score (nSPS) is 22.1. The van der Waals surface area contributed by atoms with Crippen LogP contribution < -0.4 is 5.32 Å². The van der Waals surface area contributed by atoms with Gasteiger partial charge in [-0.3, -0.25) is 4.79 Å². The molecule has 2 fully saturated rings. The van der Waals surface area contributed by atoms with E-state index < -0.39 is 0 Å². The van der Waals surface area contributed by atoms with Crippen LogP contribution in [0.4, 0.5) is 4.79 Å². The zero-order valence-electron chi connectivity index (χ0n) is 11.7. The van der Waals surface area contributed by atoms with Crippen molar-refractivity contribution in [3.05, 3.63) is 0 Å². The first-order valence-corrected chi connectivity index (χ1v) is 7.34. The van der Waals surface area contributed by atoms with E-state index in [1.807, 2.05) is 0 Å². The van der Waals surface area contributed by atoms with Gasteiger partial charge in [0.2, 0.25) is 5.91 Å². The smallest absolute Gasteiger partial charge is 0.409 e. The number of nitrogens with one attached hydrogen (secondary N) is 1. The van der Waals surface area contributed by atoms with Gasteiger partial charge in [-0.25, -0.2) is 4.79 Å². The van der Waals surface area contributed by atoms with Crippen molar-refractivity contribution in [1.29, 1.82) is 0 Å². The number of amides is 2. The second-order valence-corrected chi connectivity index (χ2v) is 5.57. The summed E-state index contributed by atoms with van der Waals surface area (Å²) in [4.78, 5) is 25.2. The summed E-state index contributed by atoms with van der Waals surface area (Å²) in [7, 11) is 1.40. The first-order valence-electron chi connectivity index (χ1n) is 7.34. The summed E-state index contributed by atoms with van der Waals surface area (Å²) in [5.41, 5.74) is 0. The third-order valence-corrected chi connectivity index (χ3v) is 4.25. The summed E-state index contributed by atoms with van der Waals surface area (Å²) in [6.45, 7) is 1.34. The Morgan fingerprint density at radius 1 is 1.05 bits per heavy atom. The Morgan fingerprint density at radius 2 is 1.68 bits per heavy atom. The van der Waals surface area contributed by atoms with E-state index in [9.17, 15) is 9.59 Å². The molecule has 2 rings (SSSR count). The summed E-state index contributed by atoms with van der Waals surface area (Å²) >= 11 is 0. The summed E-state index contributed by atoms with van der Waals surface area (Å²) in [6.07, 6.45) is 7.08. The van der Waals surface area contributed by atoms with E-state index in [2.05, 4.69) is 5.32 Å². The average Bonchev–Trinajstić information content (AvgIpc) is 2.48. The highest BCUT2D eigenvalue weighted by atomic mass is 16.5. The first kappa shape index (κ1) is 14.2. The monoisotopic (exact) mass is 268 g/mol. The van der Waals surface area contributed by atoms with Gasteiger partial charge in [-0.1, -0.05) is 19.3 Å². The van der Waals surface area contributed by atoms with Crippen molar-refractivity contribution in [2.24, 2.45) is 5.92 Å². The number of hydrogen-bond donors (Lipinski definition) is 1. The molecule has 0 aromatic rings. The number of hydrogen-bond acceptors (Lipinski definition) is 3. The van der Waals surface area contributed by atoms with Crippen molar-refractivity contribution in [3.8, 4) is 0 Å². The van der Waals surface area contributed by atoms with Crippen molar-refractivity contribution in [2.45, 2.75) is 51.0 Å². The minimum atomic E-state index is -0.267. The summed E-state index contributed by atoms with van der Waals surface area (Å²) in [5.74, 6) is 0.434. The van der Waals surface area contributed by atoms with E-state index in [4.69, 9.17) is 4.74 Å². The van der Waals surface area contributed by atoms with E-state index >= 15 is 0 Å². The maximum absolute atomic E-state index is 12.1. The van der Waals surface area contributed by atoms with Crippen LogP contribution in [-0.2, 0) is 9.53 Å². The lowest BCUT2D eigenvalue weighted by atomic mass is 9.88. The molecule has 108 valence electrons. The van der Waals surface area contributed by atoms with Crippen LogP contribution in [0, 0.1) is 5.92 Å². The third-order valence-electron chi connectivity index (χ3n) is 4.25. The van der Waals surface area contributed by atoms with Crippen LogP contribution >= 0.6 is 0 Å². The molecule has 5 heteroatoms. The lowest BCUT2D eigenvalue weighted by Gasteiger charge is -2.32. The number of methoxy groups -OCH3 is 1. The molecule has 1 aliphatic heterocycles. The highest BCUT2D eigenvalue weighted by molar-refractivity contribution is 5.79. The van der Waals surface area contributed by atoms with E-state index in [1.165, 1.54) is 26.4 Å². The molecule has 1 N–H and O–H groups in total. The fraction of sp³-hybridized carbons (Fsp3) is 0.857. The summed E-state index contributed by atoms with van der Waals surface area (Å²) in [6, 6.07) is 0.218. The molecule has 5 nitrogen and oxygen atoms in total. The molecule has 0 radical (unpaired) electrons. The van der Waals surface area contributed by atoms with Crippen LogP contribution in [0.5, 0.6) is 0 Å². The fourth-order valence-electron chi connectivity index (χ4n) is 3.02. The number of piperidine rings is 1. The Bertz CT molecular complexity index is 319. The van der Waals surface area contributed by atoms with Crippen molar-refractivity contribution >= 4 is 12.0 Å². The second kappa shape index (κ2) is 6.78. The molecule has 19 heavy (non-hydrogen) atoms. The fourth-order valence-corrected chi connectivity index (χ4v) is 3.02. The largest absolute Gasteiger partial charge is 0.453 e. The molecule has 0 aromatic heterocycles. The zero-order chi connectivity index (χ0) is 13.7. The maximum Gasteiger partial charge on any atom is 0.409 e. The standard InChI is InChI=1S/C14H24N2O3/c1-19-14(18)16-9-7-12(8-10-16)15-13(17)11-5-3-2-4-6-11/h11-12H,2-10H2,1H3,(H,15,17). The van der Waals surface area contributed by atoms with Crippen LogP contribution in [0.3, 0.4) is 0 Å². The number of carbonyl (C=O) groups is 2. The van der Waals surface area contributed by atoms with Gasteiger partial charge in [0, 0.05) is 25.0 Å². The first-order chi connectivity index (χ1) is 9.20. The molecule has 0 bridgehead atoms. The quantitative estimate of drug-likeness (QED) is 0.832. The van der Waals surface area contributed by atoms with Crippen molar-refractivity contribution in [2.75, 3.05) is 20.2 Å². The Hall–Kier alpha value is -1.26. The summed E-state index contributed by atoms with van der Waals surface area (Å²) < 4.78 is 4.70. The number of likely N-dealkylation sites (tertiary alicyclic amines) is 1. The minimum absolute atomic E-state index is 0.215. The molecule has 1 aliphatic carbocycles. The van der Waals surface area contributed by atoms with Crippen molar-refractivity contribution in [1.82, 2.24) is 10.2 Å². The Morgan fingerprint density at radius 3 is 2.26 bits per heavy atom. The van der Waals surface area contributed by atoms with Crippen LogP contribution in [-0.4, -0.2) is 43.1 Å². The van der Waals surface area contributed by atoms with Gasteiger partial charge in [0.25, 0.3) is 0 Å². The van der Waals surface area contributed by atoms with Gasteiger partial charge in [-0.15, -0.1) is 0 Å². The Balaban J connectivity index is 1.72. The van der Waals surface area contributed by atoms with E-state index in [-0.39, 0.29) is 24.0 Å². The maximum atomic E-state index is 12.1. The van der Waals surface area contributed by atoms with Gasteiger partial charge in [-0.2, -0.15) is 0 Å². The third kappa shape index (κ3) is 3.85. The van der Waals surface area contributed by atoms with Gasteiger partial charge in [0.1, 0.15) is 0 Å². The highest BCUT2D eigenvalue weighted by Gasteiger charge is 2.27. The van der Waals surface area contributed by atoms with Gasteiger partial charge in [0.05, 0.1) is 7.11 Å². The molecule has 0 spiro atoms. The van der Waals surface area contributed by atoms with Crippen LogP contribution in [0.2, 0.25) is 0 Å². The predicted molar refractivity (Wildman–Crippen MR) is 71.7 cm³/mol. The van der Waals surface area contributed by atoms with Gasteiger partial charge < -0.3 is 15.0 Å². The van der Waals surface area contributed by atoms with Gasteiger partial charge >= 0.3 is 6.09 Å². The Kier molecular flexibility index (Phi) is 5.05. The number of carbonyl (C=O) groups excluding carboxylic acids is 2. The highest BCUT2D eigenvalue weighted by Crippen LogP contribution is 2.24. The Labute approximate surface area is 114 Å². The molecular formula is C14H24N2O3. The topological polar surface area (TPSA) is 58.6 Å². The van der Waals surface area contributed by atoms with Gasteiger partial charge in [-0.05, 0) is 25.7 Å². The molecule has 2 amide bonds. The second-order valence-electron chi connectivity index (χ2n) is 5.57. The number of rotatable bonds is 2. The lowest BCUT2D eigenvalue weighted by Crippen LogP contribution is -2.48. The minimum Gasteiger partial charge on any atom is -0.453 e. The average molecular weight is 268 g/mol. The van der Waals surface area contributed by atoms with Crippen molar-refractivity contribution < 1.29 is 14.3 Å². The van der Waals surface area contributed by atoms with Crippen LogP contribution in [0.25, 0.3) is 0 Å². The van der Waals surface area contributed by atoms with E-state index in [0.717, 1.165) is 25.7 Å². The van der Waals surface area contributed by atoms with Gasteiger partial charge in [0.15, 0.2) is 0 Å². The summed E-state index contributed by atoms with van der Waals surface area (Å²) in [5, 5.41) is 3.15. The van der Waals surface area contributed by atoms with E-state index in [1.54, 1.807) is 4.90 Å². The molecule has 0 atom stereocenters. The van der Waals surface area contributed by atoms with Crippen LogP contribution in [0.1, 0.15) is 44.9 Å². The van der Waals surface area contributed by atoms with Crippen LogP contribution in [0.15, 0.2) is 0 Å². The SMILES string of the molecule is COC(=O)N1CCC(NC(=O)C2CCCCC2)CC1.